The van der Waals surface area contributed by atoms with Crippen molar-refractivity contribution in [1.29, 1.82) is 0 Å². The van der Waals surface area contributed by atoms with Gasteiger partial charge in [0.1, 0.15) is 12.4 Å². The summed E-state index contributed by atoms with van der Waals surface area (Å²) in [5.74, 6) is -0.226. The maximum atomic E-state index is 11.3. The van der Waals surface area contributed by atoms with Crippen LogP contribution in [0.2, 0.25) is 0 Å². The second-order valence-electron chi connectivity index (χ2n) is 6.12. The number of imidazole rings is 1. The Balaban J connectivity index is 2.08. The third-order valence-electron chi connectivity index (χ3n) is 4.19. The molecule has 0 saturated carbocycles. The maximum absolute atomic E-state index is 11.3. The summed E-state index contributed by atoms with van der Waals surface area (Å²) in [7, 11) is 0. The lowest BCUT2D eigenvalue weighted by Gasteiger charge is -2.05. The number of nitrogens with zero attached hydrogens (tertiary/aromatic N) is 2. The van der Waals surface area contributed by atoms with Crippen LogP contribution in [0, 0.1) is 20.8 Å². The second kappa shape index (κ2) is 6.32. The third-order valence-corrected chi connectivity index (χ3v) is 4.19. The van der Waals surface area contributed by atoms with Gasteiger partial charge in [0.2, 0.25) is 0 Å². The van der Waals surface area contributed by atoms with Crippen LogP contribution in [-0.2, 0) is 11.3 Å². The van der Waals surface area contributed by atoms with E-state index in [1.807, 2.05) is 69.3 Å². The fourth-order valence-corrected chi connectivity index (χ4v) is 2.68. The number of carboxylic acids is 1. The van der Waals surface area contributed by atoms with E-state index in [-0.39, 0.29) is 6.54 Å². The quantitative estimate of drug-likeness (QED) is 0.783. The predicted molar refractivity (Wildman–Crippen MR) is 96.9 cm³/mol. The number of hydrogen-bond donors (Lipinski definition) is 1. The summed E-state index contributed by atoms with van der Waals surface area (Å²) in [5.41, 5.74) is 6.21. The van der Waals surface area contributed by atoms with Gasteiger partial charge in [-0.25, -0.2) is 4.98 Å². The molecule has 0 atom stereocenters. The number of rotatable bonds is 4. The van der Waals surface area contributed by atoms with Crippen LogP contribution < -0.4 is 0 Å². The van der Waals surface area contributed by atoms with Crippen LogP contribution in [-0.4, -0.2) is 20.6 Å². The van der Waals surface area contributed by atoms with Crippen molar-refractivity contribution in [2.45, 2.75) is 27.3 Å². The normalized spacial score (nSPS) is 11.5. The first kappa shape index (κ1) is 16.0. The molecule has 0 radical (unpaired) electrons. The molecule has 0 amide bonds. The van der Waals surface area contributed by atoms with Gasteiger partial charge >= 0.3 is 5.97 Å². The molecule has 4 nitrogen and oxygen atoms in total. The van der Waals surface area contributed by atoms with Crippen LogP contribution in [0.1, 0.15) is 28.1 Å². The van der Waals surface area contributed by atoms with Crippen molar-refractivity contribution in [3.8, 4) is 0 Å². The third kappa shape index (κ3) is 3.23. The van der Waals surface area contributed by atoms with E-state index < -0.39 is 5.97 Å². The Labute approximate surface area is 141 Å². The van der Waals surface area contributed by atoms with Crippen LogP contribution >= 0.6 is 0 Å². The Morgan fingerprint density at radius 1 is 1.08 bits per heavy atom. The Morgan fingerprint density at radius 3 is 2.42 bits per heavy atom. The molecule has 122 valence electrons. The molecule has 3 rings (SSSR count). The van der Waals surface area contributed by atoms with Crippen molar-refractivity contribution in [3.63, 3.8) is 0 Å². The first-order valence-corrected chi connectivity index (χ1v) is 7.88. The minimum absolute atomic E-state index is 0.105. The molecule has 0 aliphatic rings. The molecule has 24 heavy (non-hydrogen) atoms. The van der Waals surface area contributed by atoms with E-state index >= 15 is 0 Å². The number of carboxylic acid groups (broad SMARTS) is 1. The number of benzene rings is 2. The molecule has 1 N–H and O–H groups in total. The molecule has 4 heteroatoms. The lowest BCUT2D eigenvalue weighted by atomic mass is 10.1. The Bertz CT molecular complexity index is 934. The predicted octanol–water partition coefficient (Wildman–Crippen LogP) is 4.22. The molecule has 3 aromatic rings. The van der Waals surface area contributed by atoms with Crippen molar-refractivity contribution in [2.75, 3.05) is 0 Å². The lowest BCUT2D eigenvalue weighted by Crippen LogP contribution is -2.10. The molecule has 0 bridgehead atoms. The molecular weight excluding hydrogens is 300 g/mol. The zero-order valence-corrected chi connectivity index (χ0v) is 14.1. The molecule has 2 aromatic carbocycles. The van der Waals surface area contributed by atoms with Crippen molar-refractivity contribution in [2.24, 2.45) is 0 Å². The SMILES string of the molecule is Cc1ccc(/C=C/c2nc3cc(C)c(C)cc3n2CC(=O)O)cc1. The molecule has 0 saturated heterocycles. The zero-order valence-electron chi connectivity index (χ0n) is 14.1. The molecule has 0 spiro atoms. The fourth-order valence-electron chi connectivity index (χ4n) is 2.68. The number of aliphatic carboxylic acids is 1. The van der Waals surface area contributed by atoms with Crippen molar-refractivity contribution in [1.82, 2.24) is 9.55 Å². The van der Waals surface area contributed by atoms with E-state index in [0.717, 1.165) is 27.7 Å². The fraction of sp³-hybridized carbons (Fsp3) is 0.200. The molecular formula is C20H20N2O2. The average Bonchev–Trinajstić information content (AvgIpc) is 2.84. The molecule has 0 fully saturated rings. The van der Waals surface area contributed by atoms with E-state index in [1.165, 1.54) is 5.56 Å². The van der Waals surface area contributed by atoms with E-state index in [4.69, 9.17) is 0 Å². The van der Waals surface area contributed by atoms with Crippen molar-refractivity contribution < 1.29 is 9.90 Å². The lowest BCUT2D eigenvalue weighted by molar-refractivity contribution is -0.137. The second-order valence-corrected chi connectivity index (χ2v) is 6.12. The highest BCUT2D eigenvalue weighted by Crippen LogP contribution is 2.22. The van der Waals surface area contributed by atoms with E-state index in [2.05, 4.69) is 4.98 Å². The summed E-state index contributed by atoms with van der Waals surface area (Å²) < 4.78 is 1.74. The average molecular weight is 320 g/mol. The number of hydrogen-bond acceptors (Lipinski definition) is 2. The summed E-state index contributed by atoms with van der Waals surface area (Å²) >= 11 is 0. The highest BCUT2D eigenvalue weighted by Gasteiger charge is 2.12. The highest BCUT2D eigenvalue weighted by molar-refractivity contribution is 5.83. The maximum Gasteiger partial charge on any atom is 0.323 e. The summed E-state index contributed by atoms with van der Waals surface area (Å²) in [6.45, 7) is 6.00. The Morgan fingerprint density at radius 2 is 1.75 bits per heavy atom. The number of aromatic nitrogens is 2. The van der Waals surface area contributed by atoms with Crippen LogP contribution in [0.5, 0.6) is 0 Å². The zero-order chi connectivity index (χ0) is 17.3. The van der Waals surface area contributed by atoms with Gasteiger partial charge in [0, 0.05) is 0 Å². The van der Waals surface area contributed by atoms with Gasteiger partial charge in [-0.1, -0.05) is 35.9 Å². The minimum atomic E-state index is -0.877. The van der Waals surface area contributed by atoms with Crippen LogP contribution in [0.15, 0.2) is 36.4 Å². The molecule has 0 aliphatic carbocycles. The van der Waals surface area contributed by atoms with Gasteiger partial charge in [-0.15, -0.1) is 0 Å². The Hall–Kier alpha value is -2.88. The van der Waals surface area contributed by atoms with E-state index in [0.29, 0.717) is 5.82 Å². The van der Waals surface area contributed by atoms with Gasteiger partial charge in [0.25, 0.3) is 0 Å². The van der Waals surface area contributed by atoms with Gasteiger partial charge < -0.3 is 9.67 Å². The van der Waals surface area contributed by atoms with Crippen LogP contribution in [0.4, 0.5) is 0 Å². The number of fused-ring (bicyclic) bond motifs is 1. The van der Waals surface area contributed by atoms with E-state index in [9.17, 15) is 9.90 Å². The monoisotopic (exact) mass is 320 g/mol. The summed E-state index contributed by atoms with van der Waals surface area (Å²) in [5, 5.41) is 9.24. The largest absolute Gasteiger partial charge is 0.480 e. The first-order chi connectivity index (χ1) is 11.4. The van der Waals surface area contributed by atoms with Crippen LogP contribution in [0.25, 0.3) is 23.2 Å². The standard InChI is InChI=1S/C20H20N2O2/c1-13-4-6-16(7-5-13)8-9-19-21-17-10-14(2)15(3)11-18(17)22(19)12-20(23)24/h4-11H,12H2,1-3H3,(H,23,24)/b9-8+. The highest BCUT2D eigenvalue weighted by atomic mass is 16.4. The number of aryl methyl sites for hydroxylation is 3. The minimum Gasteiger partial charge on any atom is -0.480 e. The van der Waals surface area contributed by atoms with Gasteiger partial charge in [-0.3, -0.25) is 4.79 Å². The van der Waals surface area contributed by atoms with Gasteiger partial charge in [-0.05, 0) is 55.7 Å². The summed E-state index contributed by atoms with van der Waals surface area (Å²) in [4.78, 5) is 15.9. The smallest absolute Gasteiger partial charge is 0.323 e. The van der Waals surface area contributed by atoms with Crippen molar-refractivity contribution in [3.05, 3.63) is 64.5 Å². The first-order valence-electron chi connectivity index (χ1n) is 7.88. The summed E-state index contributed by atoms with van der Waals surface area (Å²) in [6, 6.07) is 12.2. The van der Waals surface area contributed by atoms with E-state index in [1.54, 1.807) is 4.57 Å². The summed E-state index contributed by atoms with van der Waals surface area (Å²) in [6.07, 6.45) is 3.83. The molecule has 1 heterocycles. The van der Waals surface area contributed by atoms with Gasteiger partial charge in [0.05, 0.1) is 11.0 Å². The number of carbonyl (C=O) groups is 1. The topological polar surface area (TPSA) is 55.1 Å². The van der Waals surface area contributed by atoms with Crippen molar-refractivity contribution >= 4 is 29.2 Å². The Kier molecular flexibility index (Phi) is 4.21. The van der Waals surface area contributed by atoms with Gasteiger partial charge in [0.15, 0.2) is 0 Å². The van der Waals surface area contributed by atoms with Crippen LogP contribution in [0.3, 0.4) is 0 Å². The molecule has 0 aliphatic heterocycles. The van der Waals surface area contributed by atoms with Gasteiger partial charge in [-0.2, -0.15) is 0 Å². The molecule has 1 aromatic heterocycles. The molecule has 0 unspecified atom stereocenters.